The fourth-order valence-corrected chi connectivity index (χ4v) is 2.11. The van der Waals surface area contributed by atoms with Gasteiger partial charge in [0, 0.05) is 6.61 Å². The zero-order valence-corrected chi connectivity index (χ0v) is 13.7. The van der Waals surface area contributed by atoms with Crippen LogP contribution in [-0.2, 0) is 4.74 Å². The molecule has 2 N–H and O–H groups in total. The second-order valence-corrected chi connectivity index (χ2v) is 5.80. The van der Waals surface area contributed by atoms with Crippen LogP contribution in [0.15, 0.2) is 36.5 Å². The first-order chi connectivity index (χ1) is 9.78. The van der Waals surface area contributed by atoms with E-state index in [1.165, 1.54) is 0 Å². The number of rotatable bonds is 3. The third kappa shape index (κ3) is 7.71. The highest BCUT2D eigenvalue weighted by Gasteiger charge is 2.24. The molecule has 1 amide bonds. The van der Waals surface area contributed by atoms with Gasteiger partial charge in [-0.2, -0.15) is 0 Å². The van der Waals surface area contributed by atoms with Crippen molar-refractivity contribution in [3.05, 3.63) is 36.5 Å². The molecular formula is C17H29NO3. The van der Waals surface area contributed by atoms with Crippen molar-refractivity contribution in [2.24, 2.45) is 0 Å². The lowest BCUT2D eigenvalue weighted by Gasteiger charge is -2.28. The van der Waals surface area contributed by atoms with Gasteiger partial charge in [-0.25, -0.2) is 4.79 Å². The number of alkyl carbamates (subject to hydrolysis) is 1. The number of carbonyl (C=O) groups excluding carboxylic acids is 1. The lowest BCUT2D eigenvalue weighted by molar-refractivity contribution is 0.0509. The predicted molar refractivity (Wildman–Crippen MR) is 87.2 cm³/mol. The molecule has 0 aliphatic heterocycles. The van der Waals surface area contributed by atoms with Crippen LogP contribution in [-0.4, -0.2) is 29.4 Å². The summed E-state index contributed by atoms with van der Waals surface area (Å²) in [6.45, 7) is 15.1. The van der Waals surface area contributed by atoms with Crippen molar-refractivity contribution in [2.45, 2.75) is 58.6 Å². The first kappa shape index (κ1) is 19.4. The van der Waals surface area contributed by atoms with Crippen LogP contribution < -0.4 is 5.32 Å². The molecule has 0 bridgehead atoms. The van der Waals surface area contributed by atoms with Gasteiger partial charge in [-0.15, -0.1) is 0 Å². The third-order valence-corrected chi connectivity index (χ3v) is 2.84. The van der Waals surface area contributed by atoms with Crippen molar-refractivity contribution in [1.29, 1.82) is 0 Å². The molecule has 4 nitrogen and oxygen atoms in total. The number of carbonyl (C=O) groups is 1. The lowest BCUT2D eigenvalue weighted by atomic mass is 9.87. The lowest BCUT2D eigenvalue weighted by Crippen LogP contribution is -2.41. The van der Waals surface area contributed by atoms with Crippen molar-refractivity contribution in [2.75, 3.05) is 6.61 Å². The molecular weight excluding hydrogens is 266 g/mol. The molecule has 0 heterocycles. The molecule has 1 rings (SSSR count). The van der Waals surface area contributed by atoms with Crippen molar-refractivity contribution in [3.8, 4) is 0 Å². The maximum absolute atomic E-state index is 11.8. The number of aliphatic hydroxyl groups is 1. The summed E-state index contributed by atoms with van der Waals surface area (Å²) < 4.78 is 5.27. The first-order valence-electron chi connectivity index (χ1n) is 7.37. The molecule has 120 valence electrons. The van der Waals surface area contributed by atoms with Gasteiger partial charge >= 0.3 is 6.09 Å². The van der Waals surface area contributed by atoms with Crippen LogP contribution in [0.1, 0.15) is 47.0 Å². The van der Waals surface area contributed by atoms with Gasteiger partial charge in [-0.3, -0.25) is 0 Å². The maximum atomic E-state index is 11.8. The second kappa shape index (κ2) is 9.40. The maximum Gasteiger partial charge on any atom is 0.408 e. The topological polar surface area (TPSA) is 58.6 Å². The highest BCUT2D eigenvalue weighted by atomic mass is 16.6. The largest absolute Gasteiger partial charge is 0.444 e. The molecule has 0 spiro atoms. The number of hydrogen-bond donors (Lipinski definition) is 2. The number of allylic oxidation sites excluding steroid dienone is 2. The van der Waals surface area contributed by atoms with Crippen LogP contribution in [0.2, 0.25) is 0 Å². The fourth-order valence-electron chi connectivity index (χ4n) is 2.11. The number of nitrogens with one attached hydrogen (secondary N) is 1. The van der Waals surface area contributed by atoms with Gasteiger partial charge in [-0.1, -0.05) is 25.3 Å². The van der Waals surface area contributed by atoms with E-state index in [2.05, 4.69) is 18.5 Å². The Balaban J connectivity index is 0.00000122. The minimum atomic E-state index is -0.474. The average molecular weight is 295 g/mol. The van der Waals surface area contributed by atoms with E-state index >= 15 is 0 Å². The Hall–Kier alpha value is -1.55. The molecule has 1 unspecified atom stereocenters. The van der Waals surface area contributed by atoms with E-state index in [4.69, 9.17) is 9.84 Å². The molecule has 1 aliphatic carbocycles. The summed E-state index contributed by atoms with van der Waals surface area (Å²) >= 11 is 0. The van der Waals surface area contributed by atoms with E-state index in [9.17, 15) is 4.79 Å². The second-order valence-electron chi connectivity index (χ2n) is 5.80. The summed E-state index contributed by atoms with van der Waals surface area (Å²) in [5, 5.41) is 10.5. The monoisotopic (exact) mass is 295 g/mol. The molecule has 0 saturated heterocycles. The van der Waals surface area contributed by atoms with Crippen molar-refractivity contribution >= 4 is 6.09 Å². The van der Waals surface area contributed by atoms with Gasteiger partial charge in [-0.05, 0) is 58.1 Å². The SMILES string of the molecule is C=CC1=C(C=C)C(NC(=O)OC(C)(C)C)CCC1.CCO. The number of aliphatic hydroxyl groups excluding tert-OH is 1. The van der Waals surface area contributed by atoms with Gasteiger partial charge in [0.2, 0.25) is 0 Å². The normalized spacial score (nSPS) is 18.2. The van der Waals surface area contributed by atoms with E-state index in [1.54, 1.807) is 13.0 Å². The Labute approximate surface area is 128 Å². The number of amides is 1. The summed E-state index contributed by atoms with van der Waals surface area (Å²) in [5.74, 6) is 0. The van der Waals surface area contributed by atoms with Gasteiger partial charge < -0.3 is 15.2 Å². The quantitative estimate of drug-likeness (QED) is 0.834. The van der Waals surface area contributed by atoms with E-state index < -0.39 is 5.60 Å². The Bertz CT molecular complexity index is 391. The zero-order valence-electron chi connectivity index (χ0n) is 13.7. The van der Waals surface area contributed by atoms with Gasteiger partial charge in [0.15, 0.2) is 0 Å². The molecule has 0 aromatic heterocycles. The summed E-state index contributed by atoms with van der Waals surface area (Å²) in [5.41, 5.74) is 1.75. The molecule has 0 fully saturated rings. The Kier molecular flexibility index (Phi) is 8.70. The van der Waals surface area contributed by atoms with Gasteiger partial charge in [0.25, 0.3) is 0 Å². The summed E-state index contributed by atoms with van der Waals surface area (Å²) in [4.78, 5) is 11.8. The Morgan fingerprint density at radius 1 is 1.43 bits per heavy atom. The third-order valence-electron chi connectivity index (χ3n) is 2.84. The number of ether oxygens (including phenoxy) is 1. The molecule has 4 heteroatoms. The zero-order chi connectivity index (χ0) is 16.5. The molecule has 0 radical (unpaired) electrons. The Morgan fingerprint density at radius 2 is 2.00 bits per heavy atom. The van der Waals surface area contributed by atoms with Crippen LogP contribution in [0.25, 0.3) is 0 Å². The van der Waals surface area contributed by atoms with E-state index in [0.29, 0.717) is 0 Å². The van der Waals surface area contributed by atoms with E-state index in [1.807, 2.05) is 26.8 Å². The van der Waals surface area contributed by atoms with Crippen molar-refractivity contribution < 1.29 is 14.6 Å². The van der Waals surface area contributed by atoms with Crippen LogP contribution >= 0.6 is 0 Å². The van der Waals surface area contributed by atoms with Crippen molar-refractivity contribution in [1.82, 2.24) is 5.32 Å². The van der Waals surface area contributed by atoms with Crippen molar-refractivity contribution in [3.63, 3.8) is 0 Å². The predicted octanol–water partition coefficient (Wildman–Crippen LogP) is 3.73. The van der Waals surface area contributed by atoms with Crippen LogP contribution in [0.3, 0.4) is 0 Å². The number of hydrogen-bond acceptors (Lipinski definition) is 3. The van der Waals surface area contributed by atoms with Crippen LogP contribution in [0.5, 0.6) is 0 Å². The molecule has 1 atom stereocenters. The summed E-state index contributed by atoms with van der Waals surface area (Å²) in [6.07, 6.45) is 6.23. The average Bonchev–Trinajstić information content (AvgIpc) is 2.37. The summed E-state index contributed by atoms with van der Waals surface area (Å²) in [6, 6.07) is -0.0147. The highest BCUT2D eigenvalue weighted by molar-refractivity contribution is 5.69. The van der Waals surface area contributed by atoms with Gasteiger partial charge in [0.05, 0.1) is 6.04 Å². The highest BCUT2D eigenvalue weighted by Crippen LogP contribution is 2.26. The molecule has 21 heavy (non-hydrogen) atoms. The van der Waals surface area contributed by atoms with E-state index in [-0.39, 0.29) is 18.7 Å². The molecule has 0 aromatic carbocycles. The fraction of sp³-hybridized carbons (Fsp3) is 0.588. The summed E-state index contributed by atoms with van der Waals surface area (Å²) in [7, 11) is 0. The molecule has 0 aromatic rings. The van der Waals surface area contributed by atoms with Crippen LogP contribution in [0.4, 0.5) is 4.79 Å². The Morgan fingerprint density at radius 3 is 2.43 bits per heavy atom. The smallest absolute Gasteiger partial charge is 0.408 e. The molecule has 1 aliphatic rings. The van der Waals surface area contributed by atoms with E-state index in [0.717, 1.165) is 30.4 Å². The minimum Gasteiger partial charge on any atom is -0.444 e. The minimum absolute atomic E-state index is 0.0147. The standard InChI is InChI=1S/C15H23NO2.C2H6O/c1-6-11-9-8-10-13(12(11)7-2)16-14(17)18-15(3,4)5;1-2-3/h6-7,13H,1-2,8-10H2,3-5H3,(H,16,17);3H,2H2,1H3. The van der Waals surface area contributed by atoms with Gasteiger partial charge in [0.1, 0.15) is 5.60 Å². The first-order valence-corrected chi connectivity index (χ1v) is 7.37. The molecule has 0 saturated carbocycles. The van der Waals surface area contributed by atoms with Crippen LogP contribution in [0, 0.1) is 0 Å².